The van der Waals surface area contributed by atoms with Gasteiger partial charge < -0.3 is 15.8 Å². The smallest absolute Gasteiger partial charge is 0.127 e. The molecular weight excluding hydrogens is 219 g/mol. The Bertz CT molecular complexity index is 344. The maximum atomic E-state index is 13.1. The van der Waals surface area contributed by atoms with Crippen molar-refractivity contribution in [1.82, 2.24) is 0 Å². The van der Waals surface area contributed by atoms with E-state index in [-0.39, 0.29) is 5.82 Å². The summed E-state index contributed by atoms with van der Waals surface area (Å²) < 4.78 is 18.7. The number of rotatable bonds is 4. The molecule has 0 saturated carbocycles. The molecule has 1 unspecified atom stereocenters. The number of nitrogen functional groups attached to an aromatic ring is 1. The summed E-state index contributed by atoms with van der Waals surface area (Å²) in [5, 5.41) is 3.17. The molecule has 17 heavy (non-hydrogen) atoms. The standard InChI is InChI=1S/C13H19FN2O/c14-10-7-11(15)9-12(8-10)16-5-4-13-3-1-2-6-17-13/h7-9,13,16H,1-6,15H2. The highest BCUT2D eigenvalue weighted by molar-refractivity contribution is 5.54. The fraction of sp³-hybridized carbons (Fsp3) is 0.538. The Labute approximate surface area is 101 Å². The van der Waals surface area contributed by atoms with Gasteiger partial charge in [-0.1, -0.05) is 0 Å². The zero-order chi connectivity index (χ0) is 12.1. The van der Waals surface area contributed by atoms with Gasteiger partial charge in [0.2, 0.25) is 0 Å². The molecule has 0 aliphatic carbocycles. The van der Waals surface area contributed by atoms with E-state index in [0.29, 0.717) is 11.8 Å². The highest BCUT2D eigenvalue weighted by Crippen LogP contribution is 2.18. The Morgan fingerprint density at radius 1 is 1.35 bits per heavy atom. The molecular formula is C13H19FN2O. The molecule has 0 amide bonds. The summed E-state index contributed by atoms with van der Waals surface area (Å²) in [6.07, 6.45) is 4.85. The van der Waals surface area contributed by atoms with Crippen molar-refractivity contribution in [2.75, 3.05) is 24.2 Å². The second kappa shape index (κ2) is 5.87. The molecule has 94 valence electrons. The van der Waals surface area contributed by atoms with Gasteiger partial charge >= 0.3 is 0 Å². The van der Waals surface area contributed by atoms with E-state index in [2.05, 4.69) is 5.32 Å². The van der Waals surface area contributed by atoms with Crippen molar-refractivity contribution in [2.24, 2.45) is 0 Å². The Kier molecular flexibility index (Phi) is 4.20. The molecule has 0 aromatic heterocycles. The van der Waals surface area contributed by atoms with Gasteiger partial charge in [0.05, 0.1) is 6.10 Å². The summed E-state index contributed by atoms with van der Waals surface area (Å²) in [5.74, 6) is -0.304. The molecule has 1 aromatic carbocycles. The Hall–Kier alpha value is -1.29. The molecule has 1 fully saturated rings. The molecule has 1 atom stereocenters. The minimum absolute atomic E-state index is 0.304. The second-order valence-corrected chi connectivity index (χ2v) is 4.48. The van der Waals surface area contributed by atoms with Gasteiger partial charge in [-0.15, -0.1) is 0 Å². The molecule has 4 heteroatoms. The van der Waals surface area contributed by atoms with Crippen molar-refractivity contribution < 1.29 is 9.13 Å². The third kappa shape index (κ3) is 3.89. The molecule has 1 aliphatic heterocycles. The van der Waals surface area contributed by atoms with Crippen LogP contribution in [0.15, 0.2) is 18.2 Å². The zero-order valence-electron chi connectivity index (χ0n) is 9.92. The first-order chi connectivity index (χ1) is 8.24. The molecule has 3 N–H and O–H groups in total. The molecule has 0 spiro atoms. The van der Waals surface area contributed by atoms with Gasteiger partial charge in [-0.2, -0.15) is 0 Å². The van der Waals surface area contributed by atoms with E-state index in [1.807, 2.05) is 0 Å². The molecule has 0 radical (unpaired) electrons. The lowest BCUT2D eigenvalue weighted by Crippen LogP contribution is -2.22. The fourth-order valence-electron chi connectivity index (χ4n) is 2.13. The van der Waals surface area contributed by atoms with Gasteiger partial charge in [-0.05, 0) is 43.9 Å². The first-order valence-corrected chi connectivity index (χ1v) is 6.15. The van der Waals surface area contributed by atoms with Crippen LogP contribution in [0, 0.1) is 5.82 Å². The van der Waals surface area contributed by atoms with Gasteiger partial charge in [0.25, 0.3) is 0 Å². The topological polar surface area (TPSA) is 47.3 Å². The maximum Gasteiger partial charge on any atom is 0.127 e. The van der Waals surface area contributed by atoms with Crippen LogP contribution >= 0.6 is 0 Å². The Morgan fingerprint density at radius 3 is 2.94 bits per heavy atom. The number of benzene rings is 1. The molecule has 1 aliphatic rings. The van der Waals surface area contributed by atoms with E-state index < -0.39 is 0 Å². The number of nitrogens with two attached hydrogens (primary N) is 1. The predicted molar refractivity (Wildman–Crippen MR) is 67.5 cm³/mol. The van der Waals surface area contributed by atoms with Gasteiger partial charge in [0, 0.05) is 24.5 Å². The van der Waals surface area contributed by atoms with Crippen LogP contribution in [0.25, 0.3) is 0 Å². The molecule has 2 rings (SSSR count). The lowest BCUT2D eigenvalue weighted by atomic mass is 10.1. The van der Waals surface area contributed by atoms with E-state index in [0.717, 1.165) is 31.7 Å². The van der Waals surface area contributed by atoms with Crippen molar-refractivity contribution in [1.29, 1.82) is 0 Å². The molecule has 3 nitrogen and oxygen atoms in total. The second-order valence-electron chi connectivity index (χ2n) is 4.48. The van der Waals surface area contributed by atoms with Crippen LogP contribution in [-0.2, 0) is 4.74 Å². The van der Waals surface area contributed by atoms with Gasteiger partial charge in [-0.25, -0.2) is 4.39 Å². The van der Waals surface area contributed by atoms with E-state index in [9.17, 15) is 4.39 Å². The average Bonchev–Trinajstić information content (AvgIpc) is 2.29. The van der Waals surface area contributed by atoms with E-state index in [1.54, 1.807) is 6.07 Å². The largest absolute Gasteiger partial charge is 0.399 e. The summed E-state index contributed by atoms with van der Waals surface area (Å²) in [6, 6.07) is 4.51. The third-order valence-corrected chi connectivity index (χ3v) is 2.99. The number of ether oxygens (including phenoxy) is 1. The van der Waals surface area contributed by atoms with Crippen molar-refractivity contribution in [3.05, 3.63) is 24.0 Å². The lowest BCUT2D eigenvalue weighted by molar-refractivity contribution is 0.0134. The molecule has 1 saturated heterocycles. The summed E-state index contributed by atoms with van der Waals surface area (Å²) in [6.45, 7) is 1.66. The van der Waals surface area contributed by atoms with Crippen LogP contribution < -0.4 is 11.1 Å². The number of hydrogen-bond acceptors (Lipinski definition) is 3. The van der Waals surface area contributed by atoms with Crippen LogP contribution in [0.4, 0.5) is 15.8 Å². The SMILES string of the molecule is Nc1cc(F)cc(NCCC2CCCCO2)c1. The third-order valence-electron chi connectivity index (χ3n) is 2.99. The minimum Gasteiger partial charge on any atom is -0.399 e. The van der Waals surface area contributed by atoms with Crippen molar-refractivity contribution in [3.8, 4) is 0 Å². The number of anilines is 2. The quantitative estimate of drug-likeness (QED) is 0.793. The average molecular weight is 238 g/mol. The monoisotopic (exact) mass is 238 g/mol. The van der Waals surface area contributed by atoms with Gasteiger partial charge in [-0.3, -0.25) is 0 Å². The first-order valence-electron chi connectivity index (χ1n) is 6.15. The molecule has 1 aromatic rings. The molecule has 1 heterocycles. The minimum atomic E-state index is -0.304. The first kappa shape index (κ1) is 12.2. The van der Waals surface area contributed by atoms with Crippen molar-refractivity contribution in [3.63, 3.8) is 0 Å². The van der Waals surface area contributed by atoms with Crippen LogP contribution in [0.2, 0.25) is 0 Å². The van der Waals surface area contributed by atoms with Crippen LogP contribution in [0.5, 0.6) is 0 Å². The van der Waals surface area contributed by atoms with E-state index >= 15 is 0 Å². The van der Waals surface area contributed by atoms with Gasteiger partial charge in [0.1, 0.15) is 5.82 Å². The normalized spacial score (nSPS) is 20.2. The van der Waals surface area contributed by atoms with Gasteiger partial charge in [0.15, 0.2) is 0 Å². The summed E-state index contributed by atoms with van der Waals surface area (Å²) in [4.78, 5) is 0. The zero-order valence-corrected chi connectivity index (χ0v) is 9.92. The van der Waals surface area contributed by atoms with Crippen molar-refractivity contribution >= 4 is 11.4 Å². The van der Waals surface area contributed by atoms with Crippen LogP contribution in [0.1, 0.15) is 25.7 Å². The van der Waals surface area contributed by atoms with E-state index in [1.165, 1.54) is 25.0 Å². The Balaban J connectivity index is 1.77. The summed E-state index contributed by atoms with van der Waals surface area (Å²) in [5.41, 5.74) is 6.75. The fourth-order valence-corrected chi connectivity index (χ4v) is 2.13. The van der Waals surface area contributed by atoms with Crippen molar-refractivity contribution in [2.45, 2.75) is 31.8 Å². The van der Waals surface area contributed by atoms with Crippen LogP contribution in [0.3, 0.4) is 0 Å². The summed E-state index contributed by atoms with van der Waals surface area (Å²) >= 11 is 0. The number of nitrogens with one attached hydrogen (secondary N) is 1. The predicted octanol–water partition coefficient (Wildman–Crippen LogP) is 2.78. The van der Waals surface area contributed by atoms with Crippen LogP contribution in [-0.4, -0.2) is 19.3 Å². The number of hydrogen-bond donors (Lipinski definition) is 2. The number of halogens is 1. The highest BCUT2D eigenvalue weighted by Gasteiger charge is 2.12. The van der Waals surface area contributed by atoms with E-state index in [4.69, 9.17) is 10.5 Å². The highest BCUT2D eigenvalue weighted by atomic mass is 19.1. The maximum absolute atomic E-state index is 13.1. The summed E-state index contributed by atoms with van der Waals surface area (Å²) in [7, 11) is 0. The molecule has 0 bridgehead atoms. The Morgan fingerprint density at radius 2 is 2.24 bits per heavy atom. The lowest BCUT2D eigenvalue weighted by Gasteiger charge is -2.22.